The molecular formula is C15H21ClN2O3. The van der Waals surface area contributed by atoms with Crippen LogP contribution in [-0.2, 0) is 14.3 Å². The largest absolute Gasteiger partial charge is 0.382 e. The second kappa shape index (κ2) is 7.75. The SMILES string of the molecule is COCCOCCN1C(=O)C(C)NC1c1ccc(Cl)cc1. The Morgan fingerprint density at radius 3 is 2.62 bits per heavy atom. The quantitative estimate of drug-likeness (QED) is 0.780. The van der Waals surface area contributed by atoms with E-state index in [0.29, 0.717) is 31.4 Å². The van der Waals surface area contributed by atoms with Gasteiger partial charge in [-0.1, -0.05) is 23.7 Å². The second-order valence-corrected chi connectivity index (χ2v) is 5.42. The lowest BCUT2D eigenvalue weighted by Crippen LogP contribution is -2.33. The van der Waals surface area contributed by atoms with Crippen LogP contribution < -0.4 is 5.32 Å². The van der Waals surface area contributed by atoms with Gasteiger partial charge in [0.05, 0.1) is 25.9 Å². The van der Waals surface area contributed by atoms with Crippen molar-refractivity contribution >= 4 is 17.5 Å². The molecule has 1 N–H and O–H groups in total. The lowest BCUT2D eigenvalue weighted by atomic mass is 10.1. The smallest absolute Gasteiger partial charge is 0.241 e. The van der Waals surface area contributed by atoms with Gasteiger partial charge < -0.3 is 14.4 Å². The van der Waals surface area contributed by atoms with Gasteiger partial charge in [0.15, 0.2) is 0 Å². The van der Waals surface area contributed by atoms with Gasteiger partial charge in [0.1, 0.15) is 6.17 Å². The summed E-state index contributed by atoms with van der Waals surface area (Å²) in [4.78, 5) is 14.0. The highest BCUT2D eigenvalue weighted by Gasteiger charge is 2.36. The summed E-state index contributed by atoms with van der Waals surface area (Å²) in [5.74, 6) is 0.0882. The first kappa shape index (κ1) is 16.2. The van der Waals surface area contributed by atoms with E-state index in [4.69, 9.17) is 21.1 Å². The maximum absolute atomic E-state index is 12.2. The number of carbonyl (C=O) groups is 1. The highest BCUT2D eigenvalue weighted by Crippen LogP contribution is 2.26. The normalized spacial score (nSPS) is 22.0. The zero-order chi connectivity index (χ0) is 15.2. The van der Waals surface area contributed by atoms with E-state index in [1.165, 1.54) is 0 Å². The van der Waals surface area contributed by atoms with Gasteiger partial charge in [-0.25, -0.2) is 0 Å². The molecule has 2 unspecified atom stereocenters. The number of hydrogen-bond donors (Lipinski definition) is 1. The van der Waals surface area contributed by atoms with Crippen LogP contribution in [0.5, 0.6) is 0 Å². The first-order chi connectivity index (χ1) is 10.1. The molecule has 1 aromatic carbocycles. The molecule has 1 aliphatic heterocycles. The number of nitrogens with one attached hydrogen (secondary N) is 1. The highest BCUT2D eigenvalue weighted by atomic mass is 35.5. The van der Waals surface area contributed by atoms with Crippen LogP contribution in [0.1, 0.15) is 18.7 Å². The van der Waals surface area contributed by atoms with Crippen LogP contribution in [0.4, 0.5) is 0 Å². The molecule has 0 saturated carbocycles. The Hall–Kier alpha value is -1.14. The molecule has 1 saturated heterocycles. The van der Waals surface area contributed by atoms with E-state index in [-0.39, 0.29) is 18.1 Å². The van der Waals surface area contributed by atoms with Crippen molar-refractivity contribution in [1.29, 1.82) is 0 Å². The monoisotopic (exact) mass is 312 g/mol. The van der Waals surface area contributed by atoms with Gasteiger partial charge in [0.2, 0.25) is 5.91 Å². The summed E-state index contributed by atoms with van der Waals surface area (Å²) in [6, 6.07) is 7.34. The van der Waals surface area contributed by atoms with E-state index in [0.717, 1.165) is 5.56 Å². The number of rotatable bonds is 7. The minimum Gasteiger partial charge on any atom is -0.382 e. The van der Waals surface area contributed by atoms with Crippen LogP contribution in [0, 0.1) is 0 Å². The number of carbonyl (C=O) groups excluding carboxylic acids is 1. The Morgan fingerprint density at radius 1 is 1.24 bits per heavy atom. The predicted molar refractivity (Wildman–Crippen MR) is 81.2 cm³/mol. The van der Waals surface area contributed by atoms with Crippen LogP contribution >= 0.6 is 11.6 Å². The maximum atomic E-state index is 12.2. The standard InChI is InChI=1S/C15H21ClN2O3/c1-11-15(19)18(7-8-21-10-9-20-2)14(17-11)12-3-5-13(16)6-4-12/h3-6,11,14,17H,7-10H2,1-2H3. The summed E-state index contributed by atoms with van der Waals surface area (Å²) in [5.41, 5.74) is 1.02. The molecule has 1 fully saturated rings. The van der Waals surface area contributed by atoms with Crippen molar-refractivity contribution in [2.45, 2.75) is 19.1 Å². The molecule has 2 rings (SSSR count). The van der Waals surface area contributed by atoms with Crippen molar-refractivity contribution in [2.24, 2.45) is 0 Å². The van der Waals surface area contributed by atoms with Crippen molar-refractivity contribution in [3.05, 3.63) is 34.9 Å². The molecule has 5 nitrogen and oxygen atoms in total. The Balaban J connectivity index is 1.98. The van der Waals surface area contributed by atoms with Gasteiger partial charge in [-0.2, -0.15) is 0 Å². The summed E-state index contributed by atoms with van der Waals surface area (Å²) in [5, 5.41) is 3.98. The zero-order valence-electron chi connectivity index (χ0n) is 12.3. The third-order valence-corrected chi connectivity index (χ3v) is 3.72. The fourth-order valence-corrected chi connectivity index (χ4v) is 2.47. The Morgan fingerprint density at radius 2 is 1.95 bits per heavy atom. The molecule has 0 aliphatic carbocycles. The summed E-state index contributed by atoms with van der Waals surface area (Å²) >= 11 is 5.91. The van der Waals surface area contributed by atoms with Gasteiger partial charge >= 0.3 is 0 Å². The Labute approximate surface area is 130 Å². The number of methoxy groups -OCH3 is 1. The van der Waals surface area contributed by atoms with Gasteiger partial charge in [-0.15, -0.1) is 0 Å². The van der Waals surface area contributed by atoms with Crippen molar-refractivity contribution < 1.29 is 14.3 Å². The van der Waals surface area contributed by atoms with Gasteiger partial charge in [-0.05, 0) is 24.6 Å². The lowest BCUT2D eigenvalue weighted by Gasteiger charge is -2.24. The Kier molecular flexibility index (Phi) is 5.99. The minimum atomic E-state index is -0.190. The molecule has 1 amide bonds. The fraction of sp³-hybridized carbons (Fsp3) is 0.533. The van der Waals surface area contributed by atoms with E-state index in [2.05, 4.69) is 5.32 Å². The third kappa shape index (κ3) is 4.17. The lowest BCUT2D eigenvalue weighted by molar-refractivity contribution is -0.130. The fourth-order valence-electron chi connectivity index (χ4n) is 2.34. The third-order valence-electron chi connectivity index (χ3n) is 3.47. The second-order valence-electron chi connectivity index (χ2n) is 4.98. The number of ether oxygens (including phenoxy) is 2. The summed E-state index contributed by atoms with van der Waals surface area (Å²) in [6.45, 7) is 4.01. The van der Waals surface area contributed by atoms with Gasteiger partial charge in [0.25, 0.3) is 0 Å². The molecule has 1 aromatic rings. The van der Waals surface area contributed by atoms with Crippen LogP contribution in [-0.4, -0.2) is 50.3 Å². The van der Waals surface area contributed by atoms with E-state index in [1.807, 2.05) is 31.2 Å². The Bertz CT molecular complexity index is 466. The predicted octanol–water partition coefficient (Wildman–Crippen LogP) is 1.82. The molecule has 1 aliphatic rings. The number of halogens is 1. The molecule has 6 heteroatoms. The topological polar surface area (TPSA) is 50.8 Å². The molecule has 0 spiro atoms. The van der Waals surface area contributed by atoms with Gasteiger partial charge in [-0.3, -0.25) is 10.1 Å². The van der Waals surface area contributed by atoms with Crippen molar-refractivity contribution in [1.82, 2.24) is 10.2 Å². The van der Waals surface area contributed by atoms with E-state index < -0.39 is 0 Å². The van der Waals surface area contributed by atoms with Crippen LogP contribution in [0.3, 0.4) is 0 Å². The van der Waals surface area contributed by atoms with Crippen molar-refractivity contribution in [3.63, 3.8) is 0 Å². The average Bonchev–Trinajstić information content (AvgIpc) is 2.76. The number of amides is 1. The molecule has 2 atom stereocenters. The minimum absolute atomic E-state index is 0.0882. The van der Waals surface area contributed by atoms with Crippen LogP contribution in [0.15, 0.2) is 24.3 Å². The number of hydrogen-bond acceptors (Lipinski definition) is 4. The summed E-state index contributed by atoms with van der Waals surface area (Å²) in [7, 11) is 1.63. The first-order valence-electron chi connectivity index (χ1n) is 7.02. The number of benzene rings is 1. The highest BCUT2D eigenvalue weighted by molar-refractivity contribution is 6.30. The molecule has 0 aromatic heterocycles. The molecule has 1 heterocycles. The van der Waals surface area contributed by atoms with E-state index in [1.54, 1.807) is 12.0 Å². The van der Waals surface area contributed by atoms with E-state index in [9.17, 15) is 4.79 Å². The van der Waals surface area contributed by atoms with Crippen molar-refractivity contribution in [3.8, 4) is 0 Å². The van der Waals surface area contributed by atoms with Crippen molar-refractivity contribution in [2.75, 3.05) is 33.5 Å². The maximum Gasteiger partial charge on any atom is 0.241 e. The molecule has 0 bridgehead atoms. The zero-order valence-corrected chi connectivity index (χ0v) is 13.1. The first-order valence-corrected chi connectivity index (χ1v) is 7.40. The molecule has 21 heavy (non-hydrogen) atoms. The summed E-state index contributed by atoms with van der Waals surface area (Å²) < 4.78 is 10.4. The summed E-state index contributed by atoms with van der Waals surface area (Å²) in [6.07, 6.45) is -0.129. The van der Waals surface area contributed by atoms with Gasteiger partial charge in [0, 0.05) is 18.7 Å². The van der Waals surface area contributed by atoms with Crippen LogP contribution in [0.25, 0.3) is 0 Å². The average molecular weight is 313 g/mol. The van der Waals surface area contributed by atoms with E-state index >= 15 is 0 Å². The molecule has 0 radical (unpaired) electrons. The number of nitrogens with zero attached hydrogens (tertiary/aromatic N) is 1. The van der Waals surface area contributed by atoms with Crippen LogP contribution in [0.2, 0.25) is 5.02 Å². The molecular weight excluding hydrogens is 292 g/mol. The molecule has 116 valence electrons.